The molecule has 4 atom stereocenters. The number of primary amides is 1. The van der Waals surface area contributed by atoms with E-state index in [-0.39, 0.29) is 23.7 Å². The van der Waals surface area contributed by atoms with Crippen molar-refractivity contribution in [2.45, 2.75) is 25.7 Å². The lowest BCUT2D eigenvalue weighted by Crippen LogP contribution is -2.40. The number of rotatable bonds is 7. The Labute approximate surface area is 117 Å². The Morgan fingerprint density at radius 3 is 2.40 bits per heavy atom. The van der Waals surface area contributed by atoms with Gasteiger partial charge in [-0.2, -0.15) is 0 Å². The van der Waals surface area contributed by atoms with Crippen molar-refractivity contribution in [3.05, 3.63) is 12.2 Å². The van der Waals surface area contributed by atoms with Gasteiger partial charge in [0, 0.05) is 13.0 Å². The summed E-state index contributed by atoms with van der Waals surface area (Å²) >= 11 is 0. The van der Waals surface area contributed by atoms with Crippen molar-refractivity contribution in [3.8, 4) is 0 Å². The molecule has 0 aromatic rings. The molecule has 0 spiro atoms. The molecule has 1 fully saturated rings. The summed E-state index contributed by atoms with van der Waals surface area (Å²) in [4.78, 5) is 34.0. The molecule has 6 nitrogen and oxygen atoms in total. The predicted molar refractivity (Wildman–Crippen MR) is 71.4 cm³/mol. The third-order valence-electron chi connectivity index (χ3n) is 4.20. The zero-order chi connectivity index (χ0) is 14.7. The molecule has 2 aliphatic rings. The first kappa shape index (κ1) is 14.6. The Balaban J connectivity index is 1.81. The molecule has 4 unspecified atom stereocenters. The number of nitrogens with two attached hydrogens (primary N) is 1. The van der Waals surface area contributed by atoms with E-state index in [1.54, 1.807) is 0 Å². The highest BCUT2D eigenvalue weighted by molar-refractivity contribution is 5.86. The van der Waals surface area contributed by atoms with Crippen LogP contribution in [0.15, 0.2) is 12.2 Å². The van der Waals surface area contributed by atoms with E-state index < -0.39 is 17.8 Å². The van der Waals surface area contributed by atoms with Crippen LogP contribution in [0.5, 0.6) is 0 Å². The highest BCUT2D eigenvalue weighted by Gasteiger charge is 2.51. The van der Waals surface area contributed by atoms with Crippen molar-refractivity contribution in [1.29, 1.82) is 0 Å². The van der Waals surface area contributed by atoms with Crippen LogP contribution in [-0.2, 0) is 14.4 Å². The summed E-state index contributed by atoms with van der Waals surface area (Å²) in [5, 5.41) is 12.0. The maximum atomic E-state index is 12.1. The molecule has 20 heavy (non-hydrogen) atoms. The number of amides is 2. The topological polar surface area (TPSA) is 109 Å². The number of allylic oxidation sites excluding steroid dienone is 2. The predicted octanol–water partition coefficient (Wildman–Crippen LogP) is 0.281. The van der Waals surface area contributed by atoms with E-state index in [0.717, 1.165) is 6.42 Å². The van der Waals surface area contributed by atoms with Crippen LogP contribution in [0.2, 0.25) is 0 Å². The number of hydrogen-bond donors (Lipinski definition) is 3. The van der Waals surface area contributed by atoms with Crippen LogP contribution in [0, 0.1) is 23.7 Å². The lowest BCUT2D eigenvalue weighted by molar-refractivity contribution is -0.147. The molecule has 0 aromatic heterocycles. The van der Waals surface area contributed by atoms with Crippen LogP contribution in [0.3, 0.4) is 0 Å². The summed E-state index contributed by atoms with van der Waals surface area (Å²) in [6, 6.07) is 0. The van der Waals surface area contributed by atoms with Gasteiger partial charge in [-0.05, 0) is 31.1 Å². The number of carboxylic acid groups (broad SMARTS) is 1. The van der Waals surface area contributed by atoms with Gasteiger partial charge in [0.25, 0.3) is 0 Å². The number of aliphatic carboxylic acids is 1. The second kappa shape index (κ2) is 6.07. The summed E-state index contributed by atoms with van der Waals surface area (Å²) in [5.74, 6) is -2.45. The van der Waals surface area contributed by atoms with E-state index in [0.29, 0.717) is 25.8 Å². The molecule has 2 aliphatic carbocycles. The zero-order valence-electron chi connectivity index (χ0n) is 11.2. The van der Waals surface area contributed by atoms with E-state index in [4.69, 9.17) is 5.73 Å². The molecular weight excluding hydrogens is 260 g/mol. The molecular formula is C14H20N2O4. The Hall–Kier alpha value is -1.85. The van der Waals surface area contributed by atoms with Crippen molar-refractivity contribution in [1.82, 2.24) is 5.32 Å². The van der Waals surface area contributed by atoms with Crippen LogP contribution in [0.1, 0.15) is 25.7 Å². The Kier molecular flexibility index (Phi) is 4.42. The molecule has 0 saturated heterocycles. The molecule has 2 amide bonds. The summed E-state index contributed by atoms with van der Waals surface area (Å²) < 4.78 is 0. The molecule has 110 valence electrons. The van der Waals surface area contributed by atoms with Gasteiger partial charge in [-0.25, -0.2) is 0 Å². The monoisotopic (exact) mass is 280 g/mol. The molecule has 4 N–H and O–H groups in total. The third-order valence-corrected chi connectivity index (χ3v) is 4.20. The number of fused-ring (bicyclic) bond motifs is 2. The van der Waals surface area contributed by atoms with Gasteiger partial charge in [0.05, 0.1) is 11.8 Å². The van der Waals surface area contributed by atoms with E-state index in [1.807, 2.05) is 12.2 Å². The smallest absolute Gasteiger partial charge is 0.307 e. The average Bonchev–Trinajstić information content (AvgIpc) is 2.97. The molecule has 0 aliphatic heterocycles. The minimum atomic E-state index is -0.893. The van der Waals surface area contributed by atoms with Gasteiger partial charge in [0.15, 0.2) is 0 Å². The number of unbranched alkanes of at least 4 members (excludes halogenated alkanes) is 1. The van der Waals surface area contributed by atoms with Gasteiger partial charge in [-0.3, -0.25) is 14.4 Å². The average molecular weight is 280 g/mol. The summed E-state index contributed by atoms with van der Waals surface area (Å²) in [6.45, 7) is 0.454. The van der Waals surface area contributed by atoms with Crippen LogP contribution < -0.4 is 11.1 Å². The number of hydrogen-bond acceptors (Lipinski definition) is 3. The van der Waals surface area contributed by atoms with Crippen molar-refractivity contribution < 1.29 is 19.5 Å². The Bertz CT molecular complexity index is 446. The molecule has 2 rings (SSSR count). The fourth-order valence-electron chi connectivity index (χ4n) is 3.27. The third kappa shape index (κ3) is 3.00. The van der Waals surface area contributed by atoms with Crippen molar-refractivity contribution in [2.75, 3.05) is 6.54 Å². The van der Waals surface area contributed by atoms with Crippen LogP contribution in [0.4, 0.5) is 0 Å². The van der Waals surface area contributed by atoms with Crippen LogP contribution in [-0.4, -0.2) is 29.4 Å². The molecule has 6 heteroatoms. The van der Waals surface area contributed by atoms with Crippen LogP contribution in [0.25, 0.3) is 0 Å². The Morgan fingerprint density at radius 2 is 1.80 bits per heavy atom. The number of carbonyl (C=O) groups excluding carboxylic acids is 2. The second-order valence-electron chi connectivity index (χ2n) is 5.55. The fraction of sp³-hybridized carbons (Fsp3) is 0.643. The first-order valence-corrected chi connectivity index (χ1v) is 6.98. The summed E-state index contributed by atoms with van der Waals surface area (Å²) in [6.07, 6.45) is 6.25. The summed E-state index contributed by atoms with van der Waals surface area (Å²) in [7, 11) is 0. The number of nitrogens with one attached hydrogen (secondary N) is 1. The van der Waals surface area contributed by atoms with E-state index in [2.05, 4.69) is 5.32 Å². The quantitative estimate of drug-likeness (QED) is 0.459. The van der Waals surface area contributed by atoms with Crippen molar-refractivity contribution in [3.63, 3.8) is 0 Å². The SMILES string of the molecule is NC(=O)CCCCNC(=O)C1C2C=CC(C2)C1C(=O)O. The lowest BCUT2D eigenvalue weighted by Gasteiger charge is -2.23. The van der Waals surface area contributed by atoms with Gasteiger partial charge in [0.1, 0.15) is 0 Å². The maximum absolute atomic E-state index is 12.1. The summed E-state index contributed by atoms with van der Waals surface area (Å²) in [5.41, 5.74) is 5.03. The van der Waals surface area contributed by atoms with Crippen LogP contribution >= 0.6 is 0 Å². The molecule has 0 aromatic carbocycles. The van der Waals surface area contributed by atoms with E-state index in [1.165, 1.54) is 0 Å². The molecule has 0 heterocycles. The highest BCUT2D eigenvalue weighted by atomic mass is 16.4. The standard InChI is InChI=1S/C14H20N2O4/c15-10(17)3-1-2-6-16-13(18)11-8-4-5-9(7-8)12(11)14(19)20/h4-5,8-9,11-12H,1-3,6-7H2,(H2,15,17)(H,16,18)(H,19,20). The van der Waals surface area contributed by atoms with Gasteiger partial charge < -0.3 is 16.2 Å². The Morgan fingerprint density at radius 1 is 1.15 bits per heavy atom. The number of carboxylic acids is 1. The van der Waals surface area contributed by atoms with Gasteiger partial charge in [-0.1, -0.05) is 12.2 Å². The first-order chi connectivity index (χ1) is 9.50. The second-order valence-corrected chi connectivity index (χ2v) is 5.55. The largest absolute Gasteiger partial charge is 0.481 e. The minimum absolute atomic E-state index is 0.0110. The van der Waals surface area contributed by atoms with E-state index >= 15 is 0 Å². The molecule has 2 bridgehead atoms. The van der Waals surface area contributed by atoms with Gasteiger partial charge in [-0.15, -0.1) is 0 Å². The molecule has 0 radical (unpaired) electrons. The fourth-order valence-corrected chi connectivity index (χ4v) is 3.27. The minimum Gasteiger partial charge on any atom is -0.481 e. The van der Waals surface area contributed by atoms with Gasteiger partial charge in [0.2, 0.25) is 11.8 Å². The zero-order valence-corrected chi connectivity index (χ0v) is 11.2. The highest BCUT2D eigenvalue weighted by Crippen LogP contribution is 2.48. The van der Waals surface area contributed by atoms with Crippen molar-refractivity contribution in [2.24, 2.45) is 29.4 Å². The first-order valence-electron chi connectivity index (χ1n) is 6.98. The van der Waals surface area contributed by atoms with Crippen molar-refractivity contribution >= 4 is 17.8 Å². The van der Waals surface area contributed by atoms with E-state index in [9.17, 15) is 19.5 Å². The maximum Gasteiger partial charge on any atom is 0.307 e. The molecule has 1 saturated carbocycles. The lowest BCUT2D eigenvalue weighted by atomic mass is 9.82. The van der Waals surface area contributed by atoms with Gasteiger partial charge >= 0.3 is 5.97 Å². The normalized spacial score (nSPS) is 30.4. The number of carbonyl (C=O) groups is 3.